The Labute approximate surface area is 100 Å². The Morgan fingerprint density at radius 3 is 2.94 bits per heavy atom. The summed E-state index contributed by atoms with van der Waals surface area (Å²) in [5.41, 5.74) is 5.93. The Morgan fingerprint density at radius 1 is 1.62 bits per heavy atom. The predicted molar refractivity (Wildman–Crippen MR) is 64.0 cm³/mol. The molecule has 0 spiro atoms. The zero-order valence-corrected chi connectivity index (χ0v) is 10.5. The molecule has 0 aliphatic carbocycles. The first-order chi connectivity index (χ1) is 7.53. The molecule has 88 valence electrons. The van der Waals surface area contributed by atoms with Crippen molar-refractivity contribution in [2.45, 2.75) is 43.9 Å². The summed E-state index contributed by atoms with van der Waals surface area (Å²) in [4.78, 5) is 4.19. The maximum Gasteiger partial charge on any atom is 0.255 e. The van der Waals surface area contributed by atoms with Crippen molar-refractivity contribution in [3.8, 4) is 6.07 Å². The van der Waals surface area contributed by atoms with Crippen LogP contribution < -0.4 is 5.73 Å². The number of hydrogen-bond donors (Lipinski definition) is 1. The van der Waals surface area contributed by atoms with Gasteiger partial charge in [0, 0.05) is 5.75 Å². The van der Waals surface area contributed by atoms with Crippen LogP contribution in [0.3, 0.4) is 0 Å². The first-order valence-electron chi connectivity index (χ1n) is 5.28. The first-order valence-corrected chi connectivity index (χ1v) is 6.27. The van der Waals surface area contributed by atoms with E-state index in [4.69, 9.17) is 15.4 Å². The summed E-state index contributed by atoms with van der Waals surface area (Å²) in [7, 11) is 0. The molecule has 1 aromatic heterocycles. The van der Waals surface area contributed by atoms with Crippen LogP contribution in [0.15, 0.2) is 15.9 Å². The first kappa shape index (κ1) is 13.1. The molecule has 0 saturated heterocycles. The van der Waals surface area contributed by atoms with Gasteiger partial charge in [-0.15, -0.1) is 0 Å². The van der Waals surface area contributed by atoms with E-state index in [9.17, 15) is 0 Å². The molecule has 1 atom stereocenters. The summed E-state index contributed by atoms with van der Waals surface area (Å²) in [6.07, 6.45) is 4.34. The molecule has 4 nitrogen and oxygen atoms in total. The molecular formula is C11H17N3OS. The lowest BCUT2D eigenvalue weighted by molar-refractivity contribution is 0.453. The van der Waals surface area contributed by atoms with Crippen LogP contribution in [0.5, 0.6) is 0 Å². The van der Waals surface area contributed by atoms with Crippen molar-refractivity contribution in [1.82, 2.24) is 4.98 Å². The summed E-state index contributed by atoms with van der Waals surface area (Å²) in [5, 5.41) is 9.44. The number of thioether (sulfide) groups is 1. The monoisotopic (exact) mass is 239 g/mol. The highest BCUT2D eigenvalue weighted by molar-refractivity contribution is 7.99. The molecule has 0 aromatic carbocycles. The molecule has 0 fully saturated rings. The van der Waals surface area contributed by atoms with Crippen LogP contribution in [0.1, 0.15) is 31.9 Å². The standard InChI is InChI=1S/C11H17N3OS/c1-9-7-15-10(14-9)16-6-4-3-5-11(2,13)8-12/h7H,3-6,13H2,1-2H3. The molecule has 1 unspecified atom stereocenters. The van der Waals surface area contributed by atoms with E-state index in [1.807, 2.05) is 6.92 Å². The Balaban J connectivity index is 2.11. The van der Waals surface area contributed by atoms with Crippen LogP contribution in [-0.2, 0) is 0 Å². The van der Waals surface area contributed by atoms with E-state index in [-0.39, 0.29) is 0 Å². The van der Waals surface area contributed by atoms with Gasteiger partial charge in [-0.2, -0.15) is 5.26 Å². The zero-order chi connectivity index (χ0) is 12.0. The van der Waals surface area contributed by atoms with Crippen molar-refractivity contribution in [2.24, 2.45) is 5.73 Å². The number of nitrogens with zero attached hydrogens (tertiary/aromatic N) is 2. The third-order valence-corrected chi connectivity index (χ3v) is 3.10. The van der Waals surface area contributed by atoms with Crippen molar-refractivity contribution in [3.63, 3.8) is 0 Å². The third-order valence-electron chi connectivity index (χ3n) is 2.17. The summed E-state index contributed by atoms with van der Waals surface area (Å²) in [6.45, 7) is 3.66. The van der Waals surface area contributed by atoms with Gasteiger partial charge >= 0.3 is 0 Å². The van der Waals surface area contributed by atoms with Gasteiger partial charge in [-0.1, -0.05) is 11.8 Å². The second-order valence-electron chi connectivity index (χ2n) is 4.09. The van der Waals surface area contributed by atoms with Crippen LogP contribution >= 0.6 is 11.8 Å². The Kier molecular flexibility index (Phi) is 4.84. The second-order valence-corrected chi connectivity index (χ2v) is 5.14. The number of hydrogen-bond acceptors (Lipinski definition) is 5. The number of oxazole rings is 1. The van der Waals surface area contributed by atoms with Gasteiger partial charge < -0.3 is 10.2 Å². The fourth-order valence-electron chi connectivity index (χ4n) is 1.21. The normalized spacial score (nSPS) is 14.4. The zero-order valence-electron chi connectivity index (χ0n) is 9.69. The molecule has 0 amide bonds. The van der Waals surface area contributed by atoms with Crippen molar-refractivity contribution in [2.75, 3.05) is 5.75 Å². The highest BCUT2D eigenvalue weighted by Crippen LogP contribution is 2.19. The van der Waals surface area contributed by atoms with Crippen molar-refractivity contribution in [3.05, 3.63) is 12.0 Å². The van der Waals surface area contributed by atoms with Gasteiger partial charge in [0.1, 0.15) is 11.8 Å². The lowest BCUT2D eigenvalue weighted by atomic mass is 9.99. The fraction of sp³-hybridized carbons (Fsp3) is 0.636. The van der Waals surface area contributed by atoms with Gasteiger partial charge in [-0.25, -0.2) is 4.98 Å². The Hall–Kier alpha value is -0.990. The molecule has 1 aromatic rings. The number of aryl methyl sites for hydroxylation is 1. The maximum atomic E-state index is 8.73. The maximum absolute atomic E-state index is 8.73. The molecular weight excluding hydrogens is 222 g/mol. The Morgan fingerprint density at radius 2 is 2.38 bits per heavy atom. The third kappa shape index (κ3) is 4.69. The van der Waals surface area contributed by atoms with Gasteiger partial charge in [0.25, 0.3) is 5.22 Å². The molecule has 0 saturated carbocycles. The largest absolute Gasteiger partial charge is 0.440 e. The van der Waals surface area contributed by atoms with E-state index in [0.717, 1.165) is 30.7 Å². The molecule has 1 rings (SSSR count). The number of rotatable bonds is 6. The number of nitriles is 1. The highest BCUT2D eigenvalue weighted by atomic mass is 32.2. The lowest BCUT2D eigenvalue weighted by Crippen LogP contribution is -2.33. The van der Waals surface area contributed by atoms with Crippen LogP contribution in [0.4, 0.5) is 0 Å². The Bertz CT molecular complexity index is 368. The average Bonchev–Trinajstić information content (AvgIpc) is 2.64. The van der Waals surface area contributed by atoms with Crippen LogP contribution in [0.25, 0.3) is 0 Å². The molecule has 0 aliphatic heterocycles. The van der Waals surface area contributed by atoms with Gasteiger partial charge in [0.15, 0.2) is 0 Å². The van der Waals surface area contributed by atoms with E-state index >= 15 is 0 Å². The van der Waals surface area contributed by atoms with Gasteiger partial charge in [-0.3, -0.25) is 0 Å². The topological polar surface area (TPSA) is 75.8 Å². The number of aromatic nitrogens is 1. The quantitative estimate of drug-likeness (QED) is 0.609. The molecule has 2 N–H and O–H groups in total. The minimum atomic E-state index is -0.690. The van der Waals surface area contributed by atoms with Gasteiger partial charge in [0.05, 0.1) is 11.8 Å². The molecule has 5 heteroatoms. The number of unbranched alkanes of at least 4 members (excludes halogenated alkanes) is 1. The van der Waals surface area contributed by atoms with Gasteiger partial charge in [0.2, 0.25) is 0 Å². The van der Waals surface area contributed by atoms with Crippen LogP contribution in [0, 0.1) is 18.3 Å². The molecule has 0 bridgehead atoms. The molecule has 16 heavy (non-hydrogen) atoms. The molecule has 1 heterocycles. The summed E-state index contributed by atoms with van der Waals surface area (Å²) in [6, 6.07) is 2.09. The second kappa shape index (κ2) is 5.92. The van der Waals surface area contributed by atoms with E-state index < -0.39 is 5.54 Å². The SMILES string of the molecule is Cc1coc(SCCCCC(C)(N)C#N)n1. The summed E-state index contributed by atoms with van der Waals surface area (Å²) < 4.78 is 5.21. The van der Waals surface area contributed by atoms with Gasteiger partial charge in [-0.05, 0) is 33.1 Å². The lowest BCUT2D eigenvalue weighted by Gasteiger charge is -2.13. The van der Waals surface area contributed by atoms with E-state index in [0.29, 0.717) is 5.22 Å². The van der Waals surface area contributed by atoms with E-state index in [1.54, 1.807) is 24.9 Å². The van der Waals surface area contributed by atoms with Crippen LogP contribution in [-0.4, -0.2) is 16.3 Å². The summed E-state index contributed by atoms with van der Waals surface area (Å²) in [5.74, 6) is 0.946. The average molecular weight is 239 g/mol. The van der Waals surface area contributed by atoms with Crippen molar-refractivity contribution in [1.29, 1.82) is 5.26 Å². The highest BCUT2D eigenvalue weighted by Gasteiger charge is 2.15. The van der Waals surface area contributed by atoms with Crippen molar-refractivity contribution < 1.29 is 4.42 Å². The number of nitrogens with two attached hydrogens (primary N) is 1. The minimum Gasteiger partial charge on any atom is -0.440 e. The molecule has 0 radical (unpaired) electrons. The minimum absolute atomic E-state index is 0.690. The molecule has 0 aliphatic rings. The van der Waals surface area contributed by atoms with E-state index in [2.05, 4.69) is 11.1 Å². The smallest absolute Gasteiger partial charge is 0.255 e. The van der Waals surface area contributed by atoms with Crippen molar-refractivity contribution >= 4 is 11.8 Å². The fourth-order valence-corrected chi connectivity index (χ4v) is 2.06. The van der Waals surface area contributed by atoms with Crippen LogP contribution in [0.2, 0.25) is 0 Å². The predicted octanol–water partition coefficient (Wildman–Crippen LogP) is 2.49. The summed E-state index contributed by atoms with van der Waals surface area (Å²) >= 11 is 1.60. The van der Waals surface area contributed by atoms with E-state index in [1.165, 1.54) is 0 Å².